The number of benzene rings is 1. The SMILES string of the molecule is Cl.Cn1cnnc1Sc1ccc(C(=O)NC2CCCCC2CN)cc1[N+](=O)[O-]. The summed E-state index contributed by atoms with van der Waals surface area (Å²) in [7, 11) is 1.76. The summed E-state index contributed by atoms with van der Waals surface area (Å²) in [4.78, 5) is 24.0. The molecule has 2 aromatic rings. The zero-order valence-electron chi connectivity index (χ0n) is 15.4. The second kappa shape index (κ2) is 9.85. The lowest BCUT2D eigenvalue weighted by Gasteiger charge is -2.31. The van der Waals surface area contributed by atoms with Crippen molar-refractivity contribution in [3.05, 3.63) is 40.2 Å². The second-order valence-electron chi connectivity index (χ2n) is 6.63. The largest absolute Gasteiger partial charge is 0.349 e. The molecule has 1 aliphatic carbocycles. The van der Waals surface area contributed by atoms with Crippen molar-refractivity contribution < 1.29 is 9.72 Å². The van der Waals surface area contributed by atoms with Gasteiger partial charge in [-0.2, -0.15) is 0 Å². The molecule has 0 saturated heterocycles. The van der Waals surface area contributed by atoms with Gasteiger partial charge in [-0.05, 0) is 49.2 Å². The number of nitrogens with two attached hydrogens (primary N) is 1. The lowest BCUT2D eigenvalue weighted by Crippen LogP contribution is -2.44. The number of halogens is 1. The maximum absolute atomic E-state index is 12.6. The minimum absolute atomic E-state index is 0. The molecule has 0 aliphatic heterocycles. The number of nitrogens with one attached hydrogen (secondary N) is 1. The van der Waals surface area contributed by atoms with Gasteiger partial charge in [0.25, 0.3) is 11.6 Å². The van der Waals surface area contributed by atoms with Gasteiger partial charge >= 0.3 is 0 Å². The molecule has 1 aromatic carbocycles. The number of nitro benzene ring substituents is 1. The van der Waals surface area contributed by atoms with Crippen molar-refractivity contribution in [2.45, 2.75) is 41.8 Å². The van der Waals surface area contributed by atoms with Crippen molar-refractivity contribution in [1.82, 2.24) is 20.1 Å². The highest BCUT2D eigenvalue weighted by Crippen LogP contribution is 2.34. The topological polar surface area (TPSA) is 129 Å². The van der Waals surface area contributed by atoms with Crippen LogP contribution in [-0.2, 0) is 7.05 Å². The molecule has 0 bridgehead atoms. The molecule has 1 amide bonds. The van der Waals surface area contributed by atoms with E-state index in [1.807, 2.05) is 0 Å². The van der Waals surface area contributed by atoms with E-state index in [1.165, 1.54) is 12.4 Å². The van der Waals surface area contributed by atoms with Gasteiger partial charge in [0.1, 0.15) is 6.33 Å². The highest BCUT2D eigenvalue weighted by atomic mass is 35.5. The molecule has 11 heteroatoms. The van der Waals surface area contributed by atoms with Crippen LogP contribution in [-0.4, -0.2) is 38.2 Å². The summed E-state index contributed by atoms with van der Waals surface area (Å²) < 4.78 is 1.67. The van der Waals surface area contributed by atoms with Gasteiger partial charge in [0, 0.05) is 24.7 Å². The summed E-state index contributed by atoms with van der Waals surface area (Å²) in [6.07, 6.45) is 5.57. The molecular formula is C17H23ClN6O3S. The standard InChI is InChI=1S/C17H22N6O3S.ClH/c1-22-10-19-21-17(22)27-15-7-6-11(8-14(15)23(25)26)16(24)20-13-5-3-2-4-12(13)9-18;/h6-8,10,12-13H,2-5,9,18H2,1H3,(H,20,24);1H. The summed E-state index contributed by atoms with van der Waals surface area (Å²) in [6, 6.07) is 4.51. The van der Waals surface area contributed by atoms with Gasteiger partial charge in [-0.3, -0.25) is 14.9 Å². The van der Waals surface area contributed by atoms with Gasteiger partial charge in [0.15, 0.2) is 5.16 Å². The number of aromatic nitrogens is 3. The van der Waals surface area contributed by atoms with Crippen LogP contribution in [0.2, 0.25) is 0 Å². The van der Waals surface area contributed by atoms with Crippen LogP contribution < -0.4 is 11.1 Å². The van der Waals surface area contributed by atoms with Crippen LogP contribution in [0.3, 0.4) is 0 Å². The first-order valence-electron chi connectivity index (χ1n) is 8.80. The van der Waals surface area contributed by atoms with Crippen molar-refractivity contribution >= 4 is 35.8 Å². The Balaban J connectivity index is 0.00000280. The van der Waals surface area contributed by atoms with Crippen molar-refractivity contribution in [3.63, 3.8) is 0 Å². The van der Waals surface area contributed by atoms with E-state index >= 15 is 0 Å². The Bertz CT molecular complexity index is 846. The molecule has 1 aliphatic rings. The monoisotopic (exact) mass is 426 g/mol. The van der Waals surface area contributed by atoms with Crippen LogP contribution >= 0.6 is 24.2 Å². The average Bonchev–Trinajstić information content (AvgIpc) is 3.07. The Morgan fingerprint density at radius 1 is 1.43 bits per heavy atom. The third-order valence-corrected chi connectivity index (χ3v) is 5.93. The van der Waals surface area contributed by atoms with Crippen LogP contribution in [0, 0.1) is 16.0 Å². The first kappa shape index (κ1) is 22.1. The zero-order valence-corrected chi connectivity index (χ0v) is 17.0. The highest BCUT2D eigenvalue weighted by Gasteiger charge is 2.27. The molecule has 1 aromatic heterocycles. The van der Waals surface area contributed by atoms with E-state index in [9.17, 15) is 14.9 Å². The molecule has 1 heterocycles. The fourth-order valence-electron chi connectivity index (χ4n) is 3.28. The predicted molar refractivity (Wildman–Crippen MR) is 108 cm³/mol. The van der Waals surface area contributed by atoms with E-state index in [0.717, 1.165) is 37.4 Å². The molecule has 3 N–H and O–H groups in total. The fourth-order valence-corrected chi connectivity index (χ4v) is 4.13. The lowest BCUT2D eigenvalue weighted by atomic mass is 9.84. The number of rotatable bonds is 6. The van der Waals surface area contributed by atoms with Crippen molar-refractivity contribution in [2.24, 2.45) is 18.7 Å². The molecule has 0 spiro atoms. The number of carbonyl (C=O) groups is 1. The van der Waals surface area contributed by atoms with E-state index in [2.05, 4.69) is 15.5 Å². The van der Waals surface area contributed by atoms with Gasteiger partial charge in [-0.25, -0.2) is 0 Å². The average molecular weight is 427 g/mol. The number of nitro groups is 1. The van der Waals surface area contributed by atoms with E-state index < -0.39 is 4.92 Å². The number of aryl methyl sites for hydroxylation is 1. The number of amides is 1. The Morgan fingerprint density at radius 3 is 2.82 bits per heavy atom. The number of hydrogen-bond donors (Lipinski definition) is 2. The normalized spacial score (nSPS) is 18.9. The fraction of sp³-hybridized carbons (Fsp3) is 0.471. The summed E-state index contributed by atoms with van der Waals surface area (Å²) >= 11 is 1.14. The molecule has 3 rings (SSSR count). The van der Waals surface area contributed by atoms with Gasteiger partial charge in [-0.1, -0.05) is 12.8 Å². The molecule has 2 atom stereocenters. The third kappa shape index (κ3) is 5.00. The van der Waals surface area contributed by atoms with Crippen molar-refractivity contribution in [1.29, 1.82) is 0 Å². The second-order valence-corrected chi connectivity index (χ2v) is 7.64. The van der Waals surface area contributed by atoms with E-state index in [4.69, 9.17) is 5.73 Å². The van der Waals surface area contributed by atoms with E-state index in [1.54, 1.807) is 23.7 Å². The maximum Gasteiger partial charge on any atom is 0.284 e. The number of nitrogens with zero attached hydrogens (tertiary/aromatic N) is 4. The van der Waals surface area contributed by atoms with Crippen LogP contribution in [0.5, 0.6) is 0 Å². The zero-order chi connectivity index (χ0) is 19.4. The van der Waals surface area contributed by atoms with Crippen LogP contribution in [0.4, 0.5) is 5.69 Å². The van der Waals surface area contributed by atoms with Gasteiger partial charge in [-0.15, -0.1) is 22.6 Å². The van der Waals surface area contributed by atoms with Gasteiger partial charge < -0.3 is 15.6 Å². The predicted octanol–water partition coefficient (Wildman–Crippen LogP) is 2.54. The van der Waals surface area contributed by atoms with Crippen LogP contribution in [0.1, 0.15) is 36.0 Å². The number of hydrogen-bond acceptors (Lipinski definition) is 7. The van der Waals surface area contributed by atoms with E-state index in [-0.39, 0.29) is 41.5 Å². The Morgan fingerprint density at radius 2 is 2.18 bits per heavy atom. The summed E-state index contributed by atoms with van der Waals surface area (Å²) in [5.41, 5.74) is 5.95. The number of carbonyl (C=O) groups excluding carboxylic acids is 1. The first-order valence-corrected chi connectivity index (χ1v) is 9.62. The molecule has 1 fully saturated rings. The Hall–Kier alpha value is -2.17. The van der Waals surface area contributed by atoms with Crippen LogP contribution in [0.25, 0.3) is 0 Å². The van der Waals surface area contributed by atoms with Crippen LogP contribution in [0.15, 0.2) is 34.6 Å². The van der Waals surface area contributed by atoms with Crippen molar-refractivity contribution in [2.75, 3.05) is 6.54 Å². The highest BCUT2D eigenvalue weighted by molar-refractivity contribution is 7.99. The molecule has 28 heavy (non-hydrogen) atoms. The first-order chi connectivity index (χ1) is 13.0. The van der Waals surface area contributed by atoms with Crippen molar-refractivity contribution in [3.8, 4) is 0 Å². The molecule has 1 saturated carbocycles. The minimum atomic E-state index is -0.487. The van der Waals surface area contributed by atoms with E-state index in [0.29, 0.717) is 16.6 Å². The Labute approximate surface area is 173 Å². The Kier molecular flexibility index (Phi) is 7.78. The summed E-state index contributed by atoms with van der Waals surface area (Å²) in [6.45, 7) is 0.526. The summed E-state index contributed by atoms with van der Waals surface area (Å²) in [5, 5.41) is 22.7. The van der Waals surface area contributed by atoms with Gasteiger partial charge in [0.05, 0.1) is 9.82 Å². The molecular weight excluding hydrogens is 404 g/mol. The maximum atomic E-state index is 12.6. The molecule has 2 unspecified atom stereocenters. The molecule has 0 radical (unpaired) electrons. The summed E-state index contributed by atoms with van der Waals surface area (Å²) in [5.74, 6) is -0.0536. The molecule has 9 nitrogen and oxygen atoms in total. The quantitative estimate of drug-likeness (QED) is 0.536. The minimum Gasteiger partial charge on any atom is -0.349 e. The molecule has 152 valence electrons. The lowest BCUT2D eigenvalue weighted by molar-refractivity contribution is -0.387. The van der Waals surface area contributed by atoms with Gasteiger partial charge in [0.2, 0.25) is 0 Å². The third-order valence-electron chi connectivity index (χ3n) is 4.82. The smallest absolute Gasteiger partial charge is 0.284 e.